The third-order valence-electron chi connectivity index (χ3n) is 3.30. The fourth-order valence-electron chi connectivity index (χ4n) is 1.53. The van der Waals surface area contributed by atoms with Crippen molar-refractivity contribution in [2.24, 2.45) is 0 Å². The van der Waals surface area contributed by atoms with Crippen LogP contribution >= 0.6 is 28.3 Å². The van der Waals surface area contributed by atoms with E-state index >= 15 is 0 Å². The van der Waals surface area contributed by atoms with Gasteiger partial charge in [0, 0.05) is 22.3 Å². The highest BCUT2D eigenvalue weighted by molar-refractivity contribution is 9.10. The second-order valence-electron chi connectivity index (χ2n) is 4.99. The molecule has 0 radical (unpaired) electrons. The molecule has 0 atom stereocenters. The number of aromatic nitrogens is 1. The normalized spacial score (nSPS) is 21.1. The summed E-state index contributed by atoms with van der Waals surface area (Å²) in [7, 11) is -0.354. The molecule has 0 saturated carbocycles. The van der Waals surface area contributed by atoms with Crippen LogP contribution in [-0.2, 0) is 9.31 Å². The number of hydrogen-bond donors (Lipinski definition) is 0. The lowest BCUT2D eigenvalue weighted by Gasteiger charge is -2.32. The lowest BCUT2D eigenvalue weighted by molar-refractivity contribution is 0.00578. The van der Waals surface area contributed by atoms with Gasteiger partial charge in [0.1, 0.15) is 0 Å². The summed E-state index contributed by atoms with van der Waals surface area (Å²) in [6, 6.07) is 1.89. The van der Waals surface area contributed by atoms with Crippen LogP contribution in [0.5, 0.6) is 0 Å². The first-order valence-electron chi connectivity index (χ1n) is 5.28. The minimum absolute atomic E-state index is 0. The van der Waals surface area contributed by atoms with Gasteiger partial charge in [-0.25, -0.2) is 0 Å². The molecule has 2 heterocycles. The van der Waals surface area contributed by atoms with Gasteiger partial charge < -0.3 is 9.31 Å². The van der Waals surface area contributed by atoms with E-state index in [0.717, 1.165) is 9.94 Å². The summed E-state index contributed by atoms with van der Waals surface area (Å²) in [4.78, 5) is 4.10. The number of nitrogens with zero attached hydrogens (tertiary/aromatic N) is 1. The van der Waals surface area contributed by atoms with Crippen molar-refractivity contribution in [2.45, 2.75) is 38.9 Å². The van der Waals surface area contributed by atoms with Crippen LogP contribution in [0.2, 0.25) is 0 Å². The van der Waals surface area contributed by atoms with Crippen LogP contribution in [0, 0.1) is 0 Å². The van der Waals surface area contributed by atoms with E-state index < -0.39 is 0 Å². The Morgan fingerprint density at radius 3 is 2.18 bits per heavy atom. The fraction of sp³-hybridized carbons (Fsp3) is 0.545. The standard InChI is InChI=1S/C11H15BBrNO2.ClH/c1-10(2)11(3,4)16-12(15-10)8-7-14-6-5-9(8)13;/h5-7H,1-4H3;1H. The summed E-state index contributed by atoms with van der Waals surface area (Å²) in [5.41, 5.74) is 0.307. The maximum absolute atomic E-state index is 5.94. The van der Waals surface area contributed by atoms with E-state index in [0.29, 0.717) is 0 Å². The lowest BCUT2D eigenvalue weighted by Crippen LogP contribution is -2.41. The van der Waals surface area contributed by atoms with E-state index in [1.807, 2.05) is 33.8 Å². The number of pyridine rings is 1. The van der Waals surface area contributed by atoms with Gasteiger partial charge in [-0.15, -0.1) is 12.4 Å². The van der Waals surface area contributed by atoms with Crippen LogP contribution in [0.15, 0.2) is 22.9 Å². The van der Waals surface area contributed by atoms with Crippen LogP contribution < -0.4 is 5.46 Å². The molecule has 6 heteroatoms. The Balaban J connectivity index is 0.00000144. The minimum atomic E-state index is -0.354. The maximum Gasteiger partial charge on any atom is 0.497 e. The molecule has 1 saturated heterocycles. The summed E-state index contributed by atoms with van der Waals surface area (Å²) in [5, 5.41) is 0. The van der Waals surface area contributed by atoms with Crippen LogP contribution in [-0.4, -0.2) is 23.3 Å². The van der Waals surface area contributed by atoms with E-state index in [1.54, 1.807) is 12.4 Å². The molecule has 94 valence electrons. The van der Waals surface area contributed by atoms with Gasteiger partial charge in [-0.3, -0.25) is 4.98 Å². The van der Waals surface area contributed by atoms with Gasteiger partial charge in [-0.1, -0.05) is 15.9 Å². The number of hydrogen-bond acceptors (Lipinski definition) is 3. The van der Waals surface area contributed by atoms with Crippen LogP contribution in [0.1, 0.15) is 27.7 Å². The second-order valence-corrected chi connectivity index (χ2v) is 5.84. The predicted molar refractivity (Wildman–Crippen MR) is 74.9 cm³/mol. The van der Waals surface area contributed by atoms with Gasteiger partial charge in [0.15, 0.2) is 0 Å². The summed E-state index contributed by atoms with van der Waals surface area (Å²) in [5.74, 6) is 0. The summed E-state index contributed by atoms with van der Waals surface area (Å²) < 4.78 is 12.8. The molecule has 1 aromatic rings. The predicted octanol–water partition coefficient (Wildman–Crippen LogP) is 2.57. The highest BCUT2D eigenvalue weighted by Gasteiger charge is 2.52. The maximum atomic E-state index is 5.94. The topological polar surface area (TPSA) is 31.4 Å². The van der Waals surface area contributed by atoms with E-state index in [9.17, 15) is 0 Å². The van der Waals surface area contributed by atoms with E-state index in [-0.39, 0.29) is 30.7 Å². The molecule has 0 unspecified atom stereocenters. The first-order chi connectivity index (χ1) is 7.33. The third-order valence-corrected chi connectivity index (χ3v) is 4.03. The van der Waals surface area contributed by atoms with Gasteiger partial charge in [0.2, 0.25) is 0 Å². The molecule has 0 aliphatic carbocycles. The number of halogens is 2. The SMILES string of the molecule is CC1(C)OB(c2cnccc2Br)OC1(C)C.Cl. The molecule has 1 fully saturated rings. The molecule has 1 aromatic heterocycles. The zero-order valence-corrected chi connectivity index (χ0v) is 12.8. The van der Waals surface area contributed by atoms with Gasteiger partial charge in [-0.05, 0) is 33.8 Å². The number of rotatable bonds is 1. The molecule has 2 rings (SSSR count). The quantitative estimate of drug-likeness (QED) is 0.745. The first kappa shape index (κ1) is 15.0. The molecule has 0 N–H and O–H groups in total. The van der Waals surface area contributed by atoms with Gasteiger partial charge in [-0.2, -0.15) is 0 Å². The molecule has 17 heavy (non-hydrogen) atoms. The Morgan fingerprint density at radius 2 is 1.71 bits per heavy atom. The average Bonchev–Trinajstić information content (AvgIpc) is 2.36. The van der Waals surface area contributed by atoms with Crippen LogP contribution in [0.4, 0.5) is 0 Å². The Morgan fingerprint density at radius 1 is 1.18 bits per heavy atom. The largest absolute Gasteiger partial charge is 0.497 e. The van der Waals surface area contributed by atoms with Crippen molar-refractivity contribution in [2.75, 3.05) is 0 Å². The molecule has 0 aromatic carbocycles. The minimum Gasteiger partial charge on any atom is -0.399 e. The summed E-state index contributed by atoms with van der Waals surface area (Å²) in [6.07, 6.45) is 3.51. The van der Waals surface area contributed by atoms with Crippen molar-refractivity contribution in [3.8, 4) is 0 Å². The Kier molecular flexibility index (Phi) is 4.30. The Hall–Kier alpha value is -0.0951. The third kappa shape index (κ3) is 2.68. The molecule has 3 nitrogen and oxygen atoms in total. The van der Waals surface area contributed by atoms with Crippen molar-refractivity contribution in [3.05, 3.63) is 22.9 Å². The molecule has 0 bridgehead atoms. The molecule has 0 spiro atoms. The van der Waals surface area contributed by atoms with Crippen molar-refractivity contribution in [3.63, 3.8) is 0 Å². The smallest absolute Gasteiger partial charge is 0.399 e. The molecular weight excluding hydrogens is 304 g/mol. The van der Waals surface area contributed by atoms with Crippen molar-refractivity contribution < 1.29 is 9.31 Å². The van der Waals surface area contributed by atoms with Crippen molar-refractivity contribution in [1.82, 2.24) is 4.98 Å². The second kappa shape index (κ2) is 4.88. The van der Waals surface area contributed by atoms with Crippen molar-refractivity contribution >= 4 is 40.9 Å². The van der Waals surface area contributed by atoms with Crippen LogP contribution in [0.3, 0.4) is 0 Å². The highest BCUT2D eigenvalue weighted by Crippen LogP contribution is 2.36. The zero-order valence-electron chi connectivity index (χ0n) is 10.4. The van der Waals surface area contributed by atoms with Gasteiger partial charge >= 0.3 is 7.12 Å². The van der Waals surface area contributed by atoms with Gasteiger partial charge in [0.25, 0.3) is 0 Å². The van der Waals surface area contributed by atoms with E-state index in [2.05, 4.69) is 20.9 Å². The lowest BCUT2D eigenvalue weighted by atomic mass is 9.80. The Bertz CT molecular complexity index is 398. The fourth-order valence-corrected chi connectivity index (χ4v) is 1.94. The molecule has 1 aliphatic rings. The molecule has 0 amide bonds. The monoisotopic (exact) mass is 319 g/mol. The van der Waals surface area contributed by atoms with E-state index in [1.165, 1.54) is 0 Å². The zero-order chi connectivity index (χ0) is 12.0. The highest BCUT2D eigenvalue weighted by atomic mass is 79.9. The van der Waals surface area contributed by atoms with Crippen LogP contribution in [0.25, 0.3) is 0 Å². The van der Waals surface area contributed by atoms with Crippen molar-refractivity contribution in [1.29, 1.82) is 0 Å². The average molecular weight is 320 g/mol. The molecular formula is C11H16BBrClNO2. The molecule has 1 aliphatic heterocycles. The van der Waals surface area contributed by atoms with Gasteiger partial charge in [0.05, 0.1) is 11.2 Å². The van der Waals surface area contributed by atoms with E-state index in [4.69, 9.17) is 9.31 Å². The summed E-state index contributed by atoms with van der Waals surface area (Å²) >= 11 is 3.48. The Labute approximate surface area is 117 Å². The first-order valence-corrected chi connectivity index (χ1v) is 6.08. The summed E-state index contributed by atoms with van der Waals surface area (Å²) in [6.45, 7) is 8.16.